The maximum Gasteiger partial charge on any atom is 0.224 e. The second-order valence-electron chi connectivity index (χ2n) is 5.01. The van der Waals surface area contributed by atoms with E-state index < -0.39 is 0 Å². The van der Waals surface area contributed by atoms with Gasteiger partial charge in [0, 0.05) is 13.1 Å². The first kappa shape index (κ1) is 13.1. The minimum absolute atomic E-state index is 0.307. The molecule has 0 bridgehead atoms. The molecule has 0 amide bonds. The highest BCUT2D eigenvalue weighted by Gasteiger charge is 2.21. The summed E-state index contributed by atoms with van der Waals surface area (Å²) >= 11 is 0. The van der Waals surface area contributed by atoms with E-state index in [1.54, 1.807) is 7.05 Å². The molecular weight excluding hydrogens is 231 g/mol. The van der Waals surface area contributed by atoms with Crippen LogP contribution in [0.5, 0.6) is 0 Å². The van der Waals surface area contributed by atoms with Crippen molar-refractivity contribution in [3.63, 3.8) is 0 Å². The molecule has 1 saturated carbocycles. The molecule has 18 heavy (non-hydrogen) atoms. The Labute approximate surface area is 107 Å². The number of nitrogens with zero attached hydrogens (tertiary/aromatic N) is 2. The van der Waals surface area contributed by atoms with Crippen LogP contribution in [0.15, 0.2) is 6.20 Å². The highest BCUT2D eigenvalue weighted by molar-refractivity contribution is 5.41. The van der Waals surface area contributed by atoms with Crippen LogP contribution < -0.4 is 10.6 Å². The van der Waals surface area contributed by atoms with Crippen LogP contribution in [0.1, 0.15) is 39.0 Å². The lowest BCUT2D eigenvalue weighted by Gasteiger charge is -2.23. The average Bonchev–Trinajstić information content (AvgIpc) is 2.58. The van der Waals surface area contributed by atoms with Crippen LogP contribution in [0.3, 0.4) is 0 Å². The second-order valence-corrected chi connectivity index (χ2v) is 5.01. The van der Waals surface area contributed by atoms with Gasteiger partial charge in [-0.05, 0) is 18.8 Å². The van der Waals surface area contributed by atoms with Gasteiger partial charge >= 0.3 is 0 Å². The molecule has 0 spiro atoms. The Kier molecular flexibility index (Phi) is 4.33. The number of aromatic nitrogens is 2. The van der Waals surface area contributed by atoms with Crippen LogP contribution in [-0.2, 0) is 0 Å². The normalized spacial score (nSPS) is 24.4. The summed E-state index contributed by atoms with van der Waals surface area (Å²) in [6.07, 6.45) is 7.24. The smallest absolute Gasteiger partial charge is 0.224 e. The van der Waals surface area contributed by atoms with E-state index >= 15 is 0 Å². The van der Waals surface area contributed by atoms with Gasteiger partial charge in [0.05, 0.1) is 6.20 Å². The van der Waals surface area contributed by atoms with Crippen molar-refractivity contribution in [3.05, 3.63) is 12.0 Å². The Hall–Kier alpha value is -1.39. The summed E-state index contributed by atoms with van der Waals surface area (Å²) in [4.78, 5) is 7.99. The predicted octanol–water partition coefficient (Wildman–Crippen LogP) is 3.04. The van der Waals surface area contributed by atoms with E-state index in [1.165, 1.54) is 31.9 Å². The molecule has 0 aromatic carbocycles. The lowest BCUT2D eigenvalue weighted by atomic mass is 9.97. The van der Waals surface area contributed by atoms with E-state index in [1.807, 2.05) is 0 Å². The molecule has 0 saturated heterocycles. The lowest BCUT2D eigenvalue weighted by Crippen LogP contribution is -2.27. The van der Waals surface area contributed by atoms with Gasteiger partial charge in [0.15, 0.2) is 11.6 Å². The van der Waals surface area contributed by atoms with Gasteiger partial charge in [-0.3, -0.25) is 0 Å². The van der Waals surface area contributed by atoms with Gasteiger partial charge < -0.3 is 10.6 Å². The first-order valence-corrected chi connectivity index (χ1v) is 6.67. The van der Waals surface area contributed by atoms with Crippen LogP contribution >= 0.6 is 0 Å². The van der Waals surface area contributed by atoms with Crippen LogP contribution in [0, 0.1) is 11.7 Å². The molecule has 1 heterocycles. The summed E-state index contributed by atoms with van der Waals surface area (Å²) in [6.45, 7) is 2.22. The number of rotatable bonds is 3. The zero-order chi connectivity index (χ0) is 13.0. The van der Waals surface area contributed by atoms with Crippen molar-refractivity contribution in [1.82, 2.24) is 9.97 Å². The first-order chi connectivity index (χ1) is 8.70. The highest BCUT2D eigenvalue weighted by Crippen LogP contribution is 2.26. The van der Waals surface area contributed by atoms with Crippen molar-refractivity contribution in [2.75, 3.05) is 17.7 Å². The molecule has 0 aliphatic heterocycles. The molecule has 0 radical (unpaired) electrons. The third kappa shape index (κ3) is 3.09. The molecule has 2 N–H and O–H groups in total. The molecule has 1 aliphatic rings. The second kappa shape index (κ2) is 5.98. The first-order valence-electron chi connectivity index (χ1n) is 6.67. The molecule has 1 aromatic rings. The SMILES string of the molecule is CNc1ncc(F)c(NC2CCCCCC2C)n1. The Morgan fingerprint density at radius 2 is 2.06 bits per heavy atom. The van der Waals surface area contributed by atoms with Crippen molar-refractivity contribution in [3.8, 4) is 0 Å². The quantitative estimate of drug-likeness (QED) is 0.812. The molecular formula is C13H21FN4. The monoisotopic (exact) mass is 252 g/mol. The van der Waals surface area contributed by atoms with Crippen LogP contribution in [0.4, 0.5) is 16.2 Å². The topological polar surface area (TPSA) is 49.8 Å². The molecule has 2 unspecified atom stereocenters. The molecule has 1 fully saturated rings. The number of hydrogen-bond acceptors (Lipinski definition) is 4. The Balaban J connectivity index is 2.11. The van der Waals surface area contributed by atoms with Crippen molar-refractivity contribution < 1.29 is 4.39 Å². The predicted molar refractivity (Wildman–Crippen MR) is 71.2 cm³/mol. The van der Waals surface area contributed by atoms with E-state index in [0.717, 1.165) is 6.42 Å². The third-order valence-corrected chi connectivity index (χ3v) is 3.65. The largest absolute Gasteiger partial charge is 0.364 e. The summed E-state index contributed by atoms with van der Waals surface area (Å²) < 4.78 is 13.7. The van der Waals surface area contributed by atoms with E-state index in [9.17, 15) is 4.39 Å². The summed E-state index contributed by atoms with van der Waals surface area (Å²) in [5, 5.41) is 6.07. The number of anilines is 2. The van der Waals surface area contributed by atoms with Gasteiger partial charge in [-0.1, -0.05) is 26.2 Å². The maximum absolute atomic E-state index is 13.7. The average molecular weight is 252 g/mol. The fraction of sp³-hybridized carbons (Fsp3) is 0.692. The molecule has 2 atom stereocenters. The van der Waals surface area contributed by atoms with Crippen LogP contribution in [0.2, 0.25) is 0 Å². The Bertz CT molecular complexity index is 397. The van der Waals surface area contributed by atoms with E-state index in [-0.39, 0.29) is 5.82 Å². The van der Waals surface area contributed by atoms with Crippen molar-refractivity contribution >= 4 is 11.8 Å². The molecule has 5 heteroatoms. The number of halogens is 1. The van der Waals surface area contributed by atoms with Crippen molar-refractivity contribution in [2.24, 2.45) is 5.92 Å². The van der Waals surface area contributed by atoms with Gasteiger partial charge in [0.2, 0.25) is 5.95 Å². The minimum Gasteiger partial charge on any atom is -0.364 e. The zero-order valence-corrected chi connectivity index (χ0v) is 11.0. The number of nitrogens with one attached hydrogen (secondary N) is 2. The maximum atomic E-state index is 13.7. The molecule has 1 aliphatic carbocycles. The van der Waals surface area contributed by atoms with Crippen LogP contribution in [-0.4, -0.2) is 23.1 Å². The molecule has 1 aromatic heterocycles. The van der Waals surface area contributed by atoms with Gasteiger partial charge in [-0.2, -0.15) is 4.98 Å². The van der Waals surface area contributed by atoms with Crippen LogP contribution in [0.25, 0.3) is 0 Å². The van der Waals surface area contributed by atoms with Gasteiger partial charge in [0.1, 0.15) is 0 Å². The van der Waals surface area contributed by atoms with Crippen molar-refractivity contribution in [2.45, 2.75) is 45.1 Å². The van der Waals surface area contributed by atoms with Crippen molar-refractivity contribution in [1.29, 1.82) is 0 Å². The van der Waals surface area contributed by atoms with E-state index in [2.05, 4.69) is 27.5 Å². The fourth-order valence-electron chi connectivity index (χ4n) is 2.47. The lowest BCUT2D eigenvalue weighted by molar-refractivity contribution is 0.453. The highest BCUT2D eigenvalue weighted by atomic mass is 19.1. The minimum atomic E-state index is -0.384. The summed E-state index contributed by atoms with van der Waals surface area (Å²) in [5.41, 5.74) is 0. The standard InChI is InChI=1S/C13H21FN4/c1-9-6-4-3-5-7-11(9)17-12-10(14)8-16-13(15-2)18-12/h8-9,11H,3-7H2,1-2H3,(H2,15,16,17,18). The molecule has 2 rings (SSSR count). The summed E-state index contributed by atoms with van der Waals surface area (Å²) in [6, 6.07) is 0.307. The van der Waals surface area contributed by atoms with Gasteiger partial charge in [0.25, 0.3) is 0 Å². The van der Waals surface area contributed by atoms with E-state index in [0.29, 0.717) is 23.7 Å². The van der Waals surface area contributed by atoms with Gasteiger partial charge in [-0.25, -0.2) is 9.37 Å². The summed E-state index contributed by atoms with van der Waals surface area (Å²) in [7, 11) is 1.73. The zero-order valence-electron chi connectivity index (χ0n) is 11.0. The molecule has 100 valence electrons. The Morgan fingerprint density at radius 1 is 1.28 bits per heavy atom. The number of hydrogen-bond donors (Lipinski definition) is 2. The fourth-order valence-corrected chi connectivity index (χ4v) is 2.47. The third-order valence-electron chi connectivity index (χ3n) is 3.65. The Morgan fingerprint density at radius 3 is 2.83 bits per heavy atom. The van der Waals surface area contributed by atoms with Gasteiger partial charge in [-0.15, -0.1) is 0 Å². The summed E-state index contributed by atoms with van der Waals surface area (Å²) in [5.74, 6) is 0.929. The molecule has 4 nitrogen and oxygen atoms in total. The van der Waals surface area contributed by atoms with E-state index in [4.69, 9.17) is 0 Å².